The van der Waals surface area contributed by atoms with Crippen molar-refractivity contribution in [2.24, 2.45) is 0 Å². The van der Waals surface area contributed by atoms with Crippen LogP contribution < -0.4 is 0 Å². The van der Waals surface area contributed by atoms with Gasteiger partial charge in [-0.1, -0.05) is 35.9 Å². The van der Waals surface area contributed by atoms with E-state index in [1.54, 1.807) is 20.3 Å². The normalized spacial score (nSPS) is 19.3. The van der Waals surface area contributed by atoms with Crippen LogP contribution in [0.5, 0.6) is 0 Å². The number of fused-ring (bicyclic) bond motifs is 1. The highest BCUT2D eigenvalue weighted by Crippen LogP contribution is 2.44. The molecule has 5 nitrogen and oxygen atoms in total. The van der Waals surface area contributed by atoms with Gasteiger partial charge in [-0.2, -0.15) is 13.2 Å². The van der Waals surface area contributed by atoms with Crippen LogP contribution in [0.3, 0.4) is 0 Å². The van der Waals surface area contributed by atoms with Gasteiger partial charge in [0.1, 0.15) is 12.5 Å². The molecule has 0 saturated heterocycles. The molecule has 4 rings (SSSR count). The van der Waals surface area contributed by atoms with Crippen molar-refractivity contribution in [2.45, 2.75) is 25.2 Å². The lowest BCUT2D eigenvalue weighted by Crippen LogP contribution is -2.28. The first kappa shape index (κ1) is 21.2. The van der Waals surface area contributed by atoms with Crippen molar-refractivity contribution in [1.29, 1.82) is 0 Å². The van der Waals surface area contributed by atoms with Crippen molar-refractivity contribution >= 4 is 22.9 Å². The standard InChI is InChI=1S/C20H17ClF3N3O2S/c1-28-17-12-5-3-4-6-13(12)18(29-2)27(17)10-11-7-15(25-8-14(11)21)16-9-26-19(30-16)20(22,23)24/h3-9,17-18H,10H2,1-2H3. The van der Waals surface area contributed by atoms with E-state index in [2.05, 4.69) is 9.97 Å². The number of halogens is 4. The molecule has 1 aliphatic heterocycles. The molecule has 10 heteroatoms. The Labute approximate surface area is 180 Å². The molecule has 3 heterocycles. The van der Waals surface area contributed by atoms with Gasteiger partial charge in [-0.25, -0.2) is 9.88 Å². The number of pyridine rings is 1. The lowest BCUT2D eigenvalue weighted by atomic mass is 10.1. The van der Waals surface area contributed by atoms with Crippen LogP contribution in [0.4, 0.5) is 13.2 Å². The molecule has 0 N–H and O–H groups in total. The quantitative estimate of drug-likeness (QED) is 0.495. The number of thiazole rings is 1. The van der Waals surface area contributed by atoms with E-state index in [1.165, 1.54) is 12.4 Å². The van der Waals surface area contributed by atoms with E-state index in [9.17, 15) is 13.2 Å². The van der Waals surface area contributed by atoms with Crippen molar-refractivity contribution in [3.63, 3.8) is 0 Å². The van der Waals surface area contributed by atoms with Crippen molar-refractivity contribution in [1.82, 2.24) is 14.9 Å². The summed E-state index contributed by atoms with van der Waals surface area (Å²) < 4.78 is 50.1. The number of ether oxygens (including phenoxy) is 2. The molecule has 1 aliphatic rings. The Morgan fingerprint density at radius 2 is 1.70 bits per heavy atom. The number of nitrogens with zero attached hydrogens (tertiary/aromatic N) is 3. The zero-order chi connectivity index (χ0) is 21.5. The Bertz CT molecular complexity index is 1030. The molecule has 1 aromatic carbocycles. The number of rotatable bonds is 5. The molecule has 0 spiro atoms. The van der Waals surface area contributed by atoms with Crippen LogP contribution in [0.1, 0.15) is 34.2 Å². The van der Waals surface area contributed by atoms with Gasteiger partial charge in [0, 0.05) is 44.3 Å². The average Bonchev–Trinajstić information content (AvgIpc) is 3.32. The van der Waals surface area contributed by atoms with Gasteiger partial charge >= 0.3 is 6.18 Å². The maximum absolute atomic E-state index is 12.9. The highest BCUT2D eigenvalue weighted by molar-refractivity contribution is 7.15. The molecule has 0 fully saturated rings. The molecular weight excluding hydrogens is 439 g/mol. The summed E-state index contributed by atoms with van der Waals surface area (Å²) in [4.78, 5) is 9.96. The summed E-state index contributed by atoms with van der Waals surface area (Å²) in [6, 6.07) is 9.50. The van der Waals surface area contributed by atoms with Gasteiger partial charge in [0.2, 0.25) is 0 Å². The summed E-state index contributed by atoms with van der Waals surface area (Å²) in [5, 5.41) is -0.510. The third kappa shape index (κ3) is 3.83. The fourth-order valence-corrected chi connectivity index (χ4v) is 4.50. The van der Waals surface area contributed by atoms with Gasteiger partial charge in [-0.3, -0.25) is 4.98 Å². The zero-order valence-corrected chi connectivity index (χ0v) is 17.6. The van der Waals surface area contributed by atoms with Crippen LogP contribution in [-0.4, -0.2) is 29.1 Å². The second-order valence-electron chi connectivity index (χ2n) is 6.67. The minimum Gasteiger partial charge on any atom is -0.362 e. The van der Waals surface area contributed by atoms with E-state index < -0.39 is 11.2 Å². The second kappa shape index (κ2) is 8.24. The Kier molecular flexibility index (Phi) is 5.82. The average molecular weight is 456 g/mol. The molecule has 2 aromatic heterocycles. The molecule has 0 bridgehead atoms. The summed E-state index contributed by atoms with van der Waals surface area (Å²) in [5.74, 6) is 0. The molecule has 30 heavy (non-hydrogen) atoms. The van der Waals surface area contributed by atoms with Gasteiger partial charge in [0.05, 0.1) is 15.6 Å². The van der Waals surface area contributed by atoms with E-state index in [0.717, 1.165) is 11.1 Å². The summed E-state index contributed by atoms with van der Waals surface area (Å²) in [6.45, 7) is 0.352. The Morgan fingerprint density at radius 1 is 1.07 bits per heavy atom. The Balaban J connectivity index is 1.67. The van der Waals surface area contributed by atoms with Crippen molar-refractivity contribution in [3.8, 4) is 10.6 Å². The molecule has 0 radical (unpaired) electrons. The van der Waals surface area contributed by atoms with Gasteiger partial charge in [0.25, 0.3) is 0 Å². The molecule has 2 unspecified atom stereocenters. The number of hydrogen-bond donors (Lipinski definition) is 0. The maximum Gasteiger partial charge on any atom is 0.443 e. The van der Waals surface area contributed by atoms with Crippen LogP contribution in [0.15, 0.2) is 42.7 Å². The van der Waals surface area contributed by atoms with Crippen molar-refractivity contribution < 1.29 is 22.6 Å². The van der Waals surface area contributed by atoms with Crippen LogP contribution in [0, 0.1) is 0 Å². The number of aromatic nitrogens is 2. The molecule has 0 saturated carbocycles. The molecule has 3 aromatic rings. The van der Waals surface area contributed by atoms with E-state index in [0.29, 0.717) is 39.0 Å². The predicted molar refractivity (Wildman–Crippen MR) is 107 cm³/mol. The van der Waals surface area contributed by atoms with Crippen molar-refractivity contribution in [2.75, 3.05) is 14.2 Å². The fourth-order valence-electron chi connectivity index (χ4n) is 3.59. The Hall–Kier alpha value is -2.04. The van der Waals surface area contributed by atoms with Crippen LogP contribution >= 0.6 is 22.9 Å². The third-order valence-corrected chi connectivity index (χ3v) is 6.27. The minimum absolute atomic E-state index is 0.316. The Morgan fingerprint density at radius 3 is 2.23 bits per heavy atom. The first-order valence-electron chi connectivity index (χ1n) is 8.91. The van der Waals surface area contributed by atoms with Crippen LogP contribution in [0.25, 0.3) is 10.6 Å². The molecule has 158 valence electrons. The SMILES string of the molecule is COC1c2ccccc2C(OC)N1Cc1cc(-c2cnc(C(F)(F)F)s2)ncc1Cl. The zero-order valence-electron chi connectivity index (χ0n) is 16.0. The number of hydrogen-bond acceptors (Lipinski definition) is 6. The number of alkyl halides is 3. The number of benzene rings is 1. The fraction of sp³-hybridized carbons (Fsp3) is 0.300. The summed E-state index contributed by atoms with van der Waals surface area (Å²) >= 11 is 6.92. The van der Waals surface area contributed by atoms with Gasteiger partial charge in [-0.15, -0.1) is 11.3 Å². The van der Waals surface area contributed by atoms with Crippen molar-refractivity contribution in [3.05, 3.63) is 69.4 Å². The van der Waals surface area contributed by atoms with E-state index in [1.807, 2.05) is 29.2 Å². The summed E-state index contributed by atoms with van der Waals surface area (Å²) in [7, 11) is 3.23. The van der Waals surface area contributed by atoms with Crippen LogP contribution in [0.2, 0.25) is 5.02 Å². The summed E-state index contributed by atoms with van der Waals surface area (Å²) in [5.41, 5.74) is 3.06. The predicted octanol–water partition coefficient (Wildman–Crippen LogP) is 5.68. The minimum atomic E-state index is -4.49. The monoisotopic (exact) mass is 455 g/mol. The third-order valence-electron chi connectivity index (χ3n) is 4.87. The maximum atomic E-state index is 12.9. The first-order chi connectivity index (χ1) is 14.3. The lowest BCUT2D eigenvalue weighted by Gasteiger charge is -2.29. The highest BCUT2D eigenvalue weighted by atomic mass is 35.5. The van der Waals surface area contributed by atoms with Gasteiger partial charge in [0.15, 0.2) is 5.01 Å². The molecular formula is C20H17ClF3N3O2S. The molecule has 2 atom stereocenters. The summed E-state index contributed by atoms with van der Waals surface area (Å²) in [6.07, 6.45) is -2.57. The van der Waals surface area contributed by atoms with E-state index >= 15 is 0 Å². The molecule has 0 amide bonds. The lowest BCUT2D eigenvalue weighted by molar-refractivity contribution is -0.137. The highest BCUT2D eigenvalue weighted by Gasteiger charge is 2.39. The molecule has 0 aliphatic carbocycles. The number of methoxy groups -OCH3 is 2. The van der Waals surface area contributed by atoms with Gasteiger partial charge in [-0.05, 0) is 11.6 Å². The van der Waals surface area contributed by atoms with E-state index in [-0.39, 0.29) is 12.5 Å². The topological polar surface area (TPSA) is 47.5 Å². The first-order valence-corrected chi connectivity index (χ1v) is 10.1. The van der Waals surface area contributed by atoms with Gasteiger partial charge < -0.3 is 9.47 Å². The smallest absolute Gasteiger partial charge is 0.362 e. The van der Waals surface area contributed by atoms with E-state index in [4.69, 9.17) is 21.1 Å². The second-order valence-corrected chi connectivity index (χ2v) is 8.10. The largest absolute Gasteiger partial charge is 0.443 e. The van der Waals surface area contributed by atoms with Crippen LogP contribution in [-0.2, 0) is 22.2 Å².